The van der Waals surface area contributed by atoms with Crippen molar-refractivity contribution < 1.29 is 4.79 Å². The summed E-state index contributed by atoms with van der Waals surface area (Å²) < 4.78 is 2.16. The first kappa shape index (κ1) is 12.6. The van der Waals surface area contributed by atoms with E-state index in [1.54, 1.807) is 28.9 Å². The van der Waals surface area contributed by atoms with Crippen LogP contribution in [-0.2, 0) is 6.42 Å². The molecule has 0 fully saturated rings. The number of thiophene rings is 1. The number of hydrogen-bond donors (Lipinski definition) is 0. The van der Waals surface area contributed by atoms with E-state index in [9.17, 15) is 4.79 Å². The van der Waals surface area contributed by atoms with Crippen LogP contribution in [0.25, 0.3) is 20.4 Å². The molecule has 0 unspecified atom stereocenters. The standard InChI is InChI=1S/C16H10N2OS2/c19-13(10-7-15-11(17-9-10)5-6-20-15)8-16-18-12-3-1-2-4-14(12)21-16/h1-7,9H,8H2. The molecule has 0 saturated carbocycles. The van der Waals surface area contributed by atoms with Gasteiger partial charge in [0.25, 0.3) is 0 Å². The van der Waals surface area contributed by atoms with Crippen LogP contribution in [0.4, 0.5) is 0 Å². The number of thiazole rings is 1. The Kier molecular flexibility index (Phi) is 3.02. The molecule has 1 aromatic carbocycles. The van der Waals surface area contributed by atoms with E-state index < -0.39 is 0 Å². The number of rotatable bonds is 3. The summed E-state index contributed by atoms with van der Waals surface area (Å²) in [7, 11) is 0. The summed E-state index contributed by atoms with van der Waals surface area (Å²) in [5.74, 6) is 0.0665. The van der Waals surface area contributed by atoms with Crippen LogP contribution in [0.5, 0.6) is 0 Å². The van der Waals surface area contributed by atoms with Crippen molar-refractivity contribution in [3.8, 4) is 0 Å². The van der Waals surface area contributed by atoms with Crippen LogP contribution >= 0.6 is 22.7 Å². The first-order valence-electron chi connectivity index (χ1n) is 6.50. The van der Waals surface area contributed by atoms with Crippen molar-refractivity contribution in [3.05, 3.63) is 58.5 Å². The lowest BCUT2D eigenvalue weighted by molar-refractivity contribution is 0.0993. The highest BCUT2D eigenvalue weighted by atomic mass is 32.1. The number of carbonyl (C=O) groups excluding carboxylic acids is 1. The minimum Gasteiger partial charge on any atom is -0.294 e. The molecule has 4 rings (SSSR count). The van der Waals surface area contributed by atoms with E-state index in [0.29, 0.717) is 12.0 Å². The van der Waals surface area contributed by atoms with Gasteiger partial charge >= 0.3 is 0 Å². The van der Waals surface area contributed by atoms with Gasteiger partial charge in [-0.1, -0.05) is 12.1 Å². The molecule has 0 atom stereocenters. The number of pyridine rings is 1. The number of ketones is 1. The van der Waals surface area contributed by atoms with Gasteiger partial charge in [-0.2, -0.15) is 0 Å². The highest BCUT2D eigenvalue weighted by Crippen LogP contribution is 2.24. The Morgan fingerprint density at radius 3 is 2.90 bits per heavy atom. The van der Waals surface area contributed by atoms with Crippen molar-refractivity contribution in [1.29, 1.82) is 0 Å². The van der Waals surface area contributed by atoms with Crippen molar-refractivity contribution in [2.75, 3.05) is 0 Å². The molecule has 0 aliphatic carbocycles. The maximum Gasteiger partial charge on any atom is 0.171 e. The van der Waals surface area contributed by atoms with E-state index >= 15 is 0 Å². The van der Waals surface area contributed by atoms with Crippen LogP contribution in [0.2, 0.25) is 0 Å². The van der Waals surface area contributed by atoms with Crippen LogP contribution in [0.3, 0.4) is 0 Å². The van der Waals surface area contributed by atoms with Gasteiger partial charge in [0.15, 0.2) is 5.78 Å². The predicted octanol–water partition coefficient (Wildman–Crippen LogP) is 4.33. The average molecular weight is 310 g/mol. The lowest BCUT2D eigenvalue weighted by atomic mass is 10.1. The van der Waals surface area contributed by atoms with E-state index in [1.807, 2.05) is 41.8 Å². The zero-order valence-electron chi connectivity index (χ0n) is 10.9. The summed E-state index contributed by atoms with van der Waals surface area (Å²) in [6, 6.07) is 11.8. The number of hydrogen-bond acceptors (Lipinski definition) is 5. The molecular formula is C16H10N2OS2. The highest BCUT2D eigenvalue weighted by Gasteiger charge is 2.12. The summed E-state index contributed by atoms with van der Waals surface area (Å²) in [5.41, 5.74) is 2.55. The lowest BCUT2D eigenvalue weighted by Crippen LogP contribution is -2.03. The summed E-state index contributed by atoms with van der Waals surface area (Å²) in [5, 5.41) is 2.84. The third kappa shape index (κ3) is 2.34. The Bertz CT molecular complexity index is 922. The quantitative estimate of drug-likeness (QED) is 0.529. The molecule has 4 aromatic rings. The fourth-order valence-corrected chi connectivity index (χ4v) is 3.98. The molecule has 0 aliphatic heterocycles. The molecule has 5 heteroatoms. The summed E-state index contributed by atoms with van der Waals surface area (Å²) >= 11 is 3.18. The number of fused-ring (bicyclic) bond motifs is 2. The molecule has 0 N–H and O–H groups in total. The molecule has 0 radical (unpaired) electrons. The maximum absolute atomic E-state index is 12.4. The van der Waals surface area contributed by atoms with Crippen molar-refractivity contribution in [2.24, 2.45) is 0 Å². The first-order valence-corrected chi connectivity index (χ1v) is 8.20. The van der Waals surface area contributed by atoms with Crippen LogP contribution in [-0.4, -0.2) is 15.8 Å². The summed E-state index contributed by atoms with van der Waals surface area (Å²) in [4.78, 5) is 21.2. The van der Waals surface area contributed by atoms with Gasteiger partial charge in [-0.3, -0.25) is 9.78 Å². The van der Waals surface area contributed by atoms with Gasteiger partial charge in [0, 0.05) is 11.8 Å². The fourth-order valence-electron chi connectivity index (χ4n) is 2.23. The Balaban J connectivity index is 1.64. The maximum atomic E-state index is 12.4. The molecule has 0 aliphatic rings. The number of Topliss-reactive ketones (excluding diaryl/α,β-unsaturated/α-hetero) is 1. The molecule has 0 amide bonds. The monoisotopic (exact) mass is 310 g/mol. The molecule has 0 bridgehead atoms. The molecule has 3 nitrogen and oxygen atoms in total. The lowest BCUT2D eigenvalue weighted by Gasteiger charge is -1.98. The Morgan fingerprint density at radius 2 is 2.00 bits per heavy atom. The van der Waals surface area contributed by atoms with Crippen LogP contribution < -0.4 is 0 Å². The van der Waals surface area contributed by atoms with Gasteiger partial charge in [-0.05, 0) is 29.6 Å². The van der Waals surface area contributed by atoms with Gasteiger partial charge in [0.1, 0.15) is 5.01 Å². The second kappa shape index (κ2) is 5.02. The zero-order chi connectivity index (χ0) is 14.2. The second-order valence-electron chi connectivity index (χ2n) is 4.70. The third-order valence-corrected chi connectivity index (χ3v) is 5.16. The number of benzene rings is 1. The van der Waals surface area contributed by atoms with Gasteiger partial charge in [-0.25, -0.2) is 4.98 Å². The topological polar surface area (TPSA) is 42.9 Å². The Labute approximate surface area is 128 Å². The zero-order valence-corrected chi connectivity index (χ0v) is 12.6. The average Bonchev–Trinajstić information content (AvgIpc) is 3.11. The van der Waals surface area contributed by atoms with E-state index in [4.69, 9.17) is 0 Å². The van der Waals surface area contributed by atoms with Gasteiger partial charge in [0.2, 0.25) is 0 Å². The van der Waals surface area contributed by atoms with E-state index in [0.717, 1.165) is 25.4 Å². The number of para-hydroxylation sites is 1. The first-order chi connectivity index (χ1) is 10.3. The summed E-state index contributed by atoms with van der Waals surface area (Å²) in [6.45, 7) is 0. The van der Waals surface area contributed by atoms with Gasteiger partial charge < -0.3 is 0 Å². The Morgan fingerprint density at radius 1 is 1.10 bits per heavy atom. The molecule has 0 saturated heterocycles. The molecular weight excluding hydrogens is 300 g/mol. The van der Waals surface area contributed by atoms with Crippen molar-refractivity contribution in [2.45, 2.75) is 6.42 Å². The van der Waals surface area contributed by atoms with Gasteiger partial charge in [-0.15, -0.1) is 22.7 Å². The van der Waals surface area contributed by atoms with Gasteiger partial charge in [0.05, 0.1) is 26.9 Å². The molecule has 3 heterocycles. The van der Waals surface area contributed by atoms with Crippen molar-refractivity contribution in [3.63, 3.8) is 0 Å². The van der Waals surface area contributed by atoms with Crippen molar-refractivity contribution in [1.82, 2.24) is 9.97 Å². The van der Waals surface area contributed by atoms with Crippen molar-refractivity contribution >= 4 is 48.9 Å². The normalized spacial score (nSPS) is 11.2. The largest absolute Gasteiger partial charge is 0.294 e. The third-order valence-electron chi connectivity index (χ3n) is 3.27. The second-order valence-corrected chi connectivity index (χ2v) is 6.77. The molecule has 21 heavy (non-hydrogen) atoms. The molecule has 3 aromatic heterocycles. The van der Waals surface area contributed by atoms with Crippen LogP contribution in [0, 0.1) is 0 Å². The molecule has 0 spiro atoms. The SMILES string of the molecule is O=C(Cc1nc2ccccc2s1)c1cnc2ccsc2c1. The van der Waals surface area contributed by atoms with E-state index in [-0.39, 0.29) is 5.78 Å². The van der Waals surface area contributed by atoms with E-state index in [2.05, 4.69) is 9.97 Å². The highest BCUT2D eigenvalue weighted by molar-refractivity contribution is 7.18. The molecule has 102 valence electrons. The van der Waals surface area contributed by atoms with Crippen LogP contribution in [0.1, 0.15) is 15.4 Å². The fraction of sp³-hybridized carbons (Fsp3) is 0.0625. The minimum absolute atomic E-state index is 0.0665. The number of nitrogens with zero attached hydrogens (tertiary/aromatic N) is 2. The summed E-state index contributed by atoms with van der Waals surface area (Å²) in [6.07, 6.45) is 1.99. The predicted molar refractivity (Wildman–Crippen MR) is 87.3 cm³/mol. The smallest absolute Gasteiger partial charge is 0.171 e. The number of aromatic nitrogens is 2. The minimum atomic E-state index is 0.0665. The Hall–Kier alpha value is -2.11. The van der Waals surface area contributed by atoms with E-state index in [1.165, 1.54) is 0 Å². The number of carbonyl (C=O) groups is 1. The van der Waals surface area contributed by atoms with Crippen LogP contribution in [0.15, 0.2) is 48.0 Å².